The highest BCUT2D eigenvalue weighted by molar-refractivity contribution is 5.79. The third kappa shape index (κ3) is 7.24. The molecule has 1 unspecified atom stereocenters. The first-order chi connectivity index (χ1) is 14.9. The van der Waals surface area contributed by atoms with Gasteiger partial charge in [0.2, 0.25) is 0 Å². The second-order valence-electron chi connectivity index (χ2n) is 7.80. The summed E-state index contributed by atoms with van der Waals surface area (Å²) in [4.78, 5) is 21.2. The average molecular weight is 436 g/mol. The number of ether oxygens (including phenoxy) is 2. The van der Waals surface area contributed by atoms with Crippen molar-refractivity contribution >= 4 is 23.3 Å². The van der Waals surface area contributed by atoms with E-state index in [0.29, 0.717) is 37.6 Å². The lowest BCUT2D eigenvalue weighted by Gasteiger charge is -2.29. The minimum atomic E-state index is -1.07. The van der Waals surface area contributed by atoms with Gasteiger partial charge in [-0.2, -0.15) is 14.4 Å². The van der Waals surface area contributed by atoms with Crippen molar-refractivity contribution in [1.82, 2.24) is 9.97 Å². The number of carbonyl (C=O) groups is 1. The predicted octanol–water partition coefficient (Wildman–Crippen LogP) is 3.48. The molecule has 0 fully saturated rings. The number of halogens is 1. The molecular weight excluding hydrogens is 401 g/mol. The average Bonchev–Trinajstić information content (AvgIpc) is 3.17. The summed E-state index contributed by atoms with van der Waals surface area (Å²) < 4.78 is 24.5. The highest BCUT2D eigenvalue weighted by Crippen LogP contribution is 2.33. The summed E-state index contributed by atoms with van der Waals surface area (Å²) >= 11 is 0. The number of nitrogens with two attached hydrogens (primary N) is 1. The maximum Gasteiger partial charge on any atom is 0.312 e. The number of rotatable bonds is 14. The van der Waals surface area contributed by atoms with Crippen LogP contribution >= 0.6 is 0 Å². The lowest BCUT2D eigenvalue weighted by molar-refractivity contribution is -0.150. The fraction of sp³-hybridized carbons (Fsp3) is 0.682. The molecule has 3 N–H and O–H groups in total. The van der Waals surface area contributed by atoms with Gasteiger partial charge in [0.1, 0.15) is 12.3 Å². The minimum absolute atomic E-state index is 0.0380. The van der Waals surface area contributed by atoms with Gasteiger partial charge in [-0.15, -0.1) is 6.42 Å². The molecule has 1 aliphatic heterocycles. The number of esters is 1. The molecular formula is C22H34FN5O3. The summed E-state index contributed by atoms with van der Waals surface area (Å²) in [5.41, 5.74) is 5.15. The van der Waals surface area contributed by atoms with E-state index in [1.807, 2.05) is 0 Å². The third-order valence-corrected chi connectivity index (χ3v) is 5.53. The summed E-state index contributed by atoms with van der Waals surface area (Å²) in [5, 5.41) is 3.04. The Morgan fingerprint density at radius 2 is 2.00 bits per heavy atom. The normalized spacial score (nSPS) is 14.5. The number of nitrogens with one attached hydrogen (secondary N) is 1. The molecule has 0 amide bonds. The van der Waals surface area contributed by atoms with Crippen molar-refractivity contribution in [2.75, 3.05) is 42.9 Å². The number of hydrogen-bond acceptors (Lipinski definition) is 8. The van der Waals surface area contributed by atoms with Crippen LogP contribution in [0.25, 0.3) is 0 Å². The molecule has 1 aliphatic rings. The number of methoxy groups -OCH3 is 1. The van der Waals surface area contributed by atoms with Gasteiger partial charge in [-0.1, -0.05) is 51.4 Å². The molecule has 8 nitrogen and oxygen atoms in total. The van der Waals surface area contributed by atoms with E-state index >= 15 is 0 Å². The molecule has 0 aromatic carbocycles. The van der Waals surface area contributed by atoms with E-state index in [9.17, 15) is 9.18 Å². The summed E-state index contributed by atoms with van der Waals surface area (Å²) in [6, 6.07) is 0. The molecule has 2 rings (SSSR count). The van der Waals surface area contributed by atoms with Crippen LogP contribution in [-0.4, -0.2) is 48.5 Å². The van der Waals surface area contributed by atoms with Crippen LogP contribution in [0.1, 0.15) is 64.7 Å². The number of fused-ring (bicyclic) bond motifs is 1. The topological polar surface area (TPSA) is 103 Å². The van der Waals surface area contributed by atoms with E-state index in [1.165, 1.54) is 32.8 Å². The quantitative estimate of drug-likeness (QED) is 0.198. The molecule has 0 aliphatic carbocycles. The van der Waals surface area contributed by atoms with E-state index in [-0.39, 0.29) is 18.4 Å². The van der Waals surface area contributed by atoms with E-state index < -0.39 is 11.7 Å². The van der Waals surface area contributed by atoms with E-state index in [1.54, 1.807) is 4.90 Å². The first-order valence-corrected chi connectivity index (χ1v) is 10.9. The van der Waals surface area contributed by atoms with Crippen molar-refractivity contribution in [3.8, 4) is 12.3 Å². The second-order valence-corrected chi connectivity index (χ2v) is 7.80. The highest BCUT2D eigenvalue weighted by atomic mass is 19.1. The number of hydrogen-bond donors (Lipinski definition) is 2. The largest absolute Gasteiger partial charge is 0.462 e. The second kappa shape index (κ2) is 12.3. The summed E-state index contributed by atoms with van der Waals surface area (Å²) in [7, 11) is 1.49. The molecule has 0 saturated heterocycles. The van der Waals surface area contributed by atoms with E-state index in [0.717, 1.165) is 19.3 Å². The van der Waals surface area contributed by atoms with Crippen LogP contribution in [-0.2, 0) is 14.3 Å². The number of terminal acetylenes is 1. The Hall–Kier alpha value is -2.60. The molecule has 9 heteroatoms. The van der Waals surface area contributed by atoms with Gasteiger partial charge in [-0.25, -0.2) is 0 Å². The summed E-state index contributed by atoms with van der Waals surface area (Å²) in [6.07, 6.45) is 13.5. The monoisotopic (exact) mass is 435 g/mol. The van der Waals surface area contributed by atoms with Gasteiger partial charge in [0.25, 0.3) is 0 Å². The maximum absolute atomic E-state index is 13.5. The van der Waals surface area contributed by atoms with Crippen molar-refractivity contribution in [3.63, 3.8) is 0 Å². The standard InChI is InChI=1S/C22H34FN5O3/c1-4-6-7-8-9-10-11-12-17(29)31-15-22(5-2,30-3)13-14-28-16-25-18-19(24)26-21(23)27-20(18)28/h2,25H,4,6-16H2,1,3H3,(H2,24,26,27). The SMILES string of the molecule is C#CC(CCN1CNc2c(N)nc(F)nc21)(COC(=O)CCCCCCCCC)OC. The molecule has 0 radical (unpaired) electrons. The molecule has 31 heavy (non-hydrogen) atoms. The Morgan fingerprint density at radius 3 is 2.68 bits per heavy atom. The zero-order chi connectivity index (χ0) is 22.7. The molecule has 1 aromatic rings. The Labute approximate surface area is 184 Å². The molecule has 1 atom stereocenters. The van der Waals surface area contributed by atoms with E-state index in [2.05, 4.69) is 28.1 Å². The molecule has 172 valence electrons. The van der Waals surface area contributed by atoms with E-state index in [4.69, 9.17) is 21.6 Å². The predicted molar refractivity (Wildman–Crippen MR) is 119 cm³/mol. The fourth-order valence-electron chi connectivity index (χ4n) is 3.49. The van der Waals surface area contributed by atoms with Gasteiger partial charge in [0, 0.05) is 26.5 Å². The van der Waals surface area contributed by atoms with Crippen LogP contribution in [0.4, 0.5) is 21.7 Å². The number of aromatic nitrogens is 2. The minimum Gasteiger partial charge on any atom is -0.462 e. The van der Waals surface area contributed by atoms with Crippen molar-refractivity contribution in [3.05, 3.63) is 6.08 Å². The highest BCUT2D eigenvalue weighted by Gasteiger charge is 2.32. The van der Waals surface area contributed by atoms with Gasteiger partial charge in [-0.05, 0) is 6.42 Å². The number of nitrogen functional groups attached to an aromatic ring is 1. The Bertz CT molecular complexity index is 770. The molecule has 1 aromatic heterocycles. The maximum atomic E-state index is 13.5. The summed E-state index contributed by atoms with van der Waals surface area (Å²) in [6.45, 7) is 2.95. The zero-order valence-corrected chi connectivity index (χ0v) is 18.6. The Kier molecular flexibility index (Phi) is 9.79. The Morgan fingerprint density at radius 1 is 1.29 bits per heavy atom. The van der Waals surface area contributed by atoms with Crippen molar-refractivity contribution in [2.45, 2.75) is 70.3 Å². The van der Waals surface area contributed by atoms with Crippen molar-refractivity contribution in [2.24, 2.45) is 0 Å². The van der Waals surface area contributed by atoms with Gasteiger partial charge in [0.15, 0.2) is 17.2 Å². The number of nitrogens with zero attached hydrogens (tertiary/aromatic N) is 3. The van der Waals surface area contributed by atoms with Gasteiger partial charge in [-0.3, -0.25) is 4.79 Å². The molecule has 2 heterocycles. The number of carbonyl (C=O) groups excluding carboxylic acids is 1. The Balaban J connectivity index is 1.79. The first kappa shape index (κ1) is 24.7. The van der Waals surface area contributed by atoms with Crippen LogP contribution in [0.5, 0.6) is 0 Å². The number of anilines is 3. The van der Waals surface area contributed by atoms with Crippen LogP contribution in [0.2, 0.25) is 0 Å². The van der Waals surface area contributed by atoms with Gasteiger partial charge >= 0.3 is 12.0 Å². The third-order valence-electron chi connectivity index (χ3n) is 5.53. The lowest BCUT2D eigenvalue weighted by atomic mass is 10.0. The van der Waals surface area contributed by atoms with Crippen LogP contribution < -0.4 is 16.0 Å². The fourth-order valence-corrected chi connectivity index (χ4v) is 3.49. The van der Waals surface area contributed by atoms with Crippen LogP contribution in [0.15, 0.2) is 0 Å². The van der Waals surface area contributed by atoms with Crippen molar-refractivity contribution < 1.29 is 18.7 Å². The molecule has 0 spiro atoms. The smallest absolute Gasteiger partial charge is 0.312 e. The number of unbranched alkanes of at least 4 members (excludes halogenated alkanes) is 6. The molecule has 0 bridgehead atoms. The van der Waals surface area contributed by atoms with Gasteiger partial charge in [0.05, 0.1) is 6.67 Å². The lowest BCUT2D eigenvalue weighted by Crippen LogP contribution is -2.40. The zero-order valence-electron chi connectivity index (χ0n) is 18.6. The van der Waals surface area contributed by atoms with Crippen LogP contribution in [0, 0.1) is 18.4 Å². The first-order valence-electron chi connectivity index (χ1n) is 10.9. The van der Waals surface area contributed by atoms with Gasteiger partial charge < -0.3 is 25.4 Å². The van der Waals surface area contributed by atoms with Crippen molar-refractivity contribution in [1.29, 1.82) is 0 Å². The summed E-state index contributed by atoms with van der Waals surface area (Å²) in [5.74, 6) is 2.76. The van der Waals surface area contributed by atoms with Crippen LogP contribution in [0.3, 0.4) is 0 Å². The molecule has 0 saturated carbocycles.